The second-order valence-corrected chi connectivity index (χ2v) is 3.69. The molecule has 0 bridgehead atoms. The van der Waals surface area contributed by atoms with Crippen molar-refractivity contribution in [3.05, 3.63) is 0 Å². The van der Waals surface area contributed by atoms with Crippen LogP contribution in [0.15, 0.2) is 0 Å². The van der Waals surface area contributed by atoms with Gasteiger partial charge < -0.3 is 4.74 Å². The van der Waals surface area contributed by atoms with E-state index >= 15 is 0 Å². The summed E-state index contributed by atoms with van der Waals surface area (Å²) in [4.78, 5) is 0. The van der Waals surface area contributed by atoms with Crippen molar-refractivity contribution in [1.82, 2.24) is 5.01 Å². The first-order valence-corrected chi connectivity index (χ1v) is 3.68. The third-order valence-corrected chi connectivity index (χ3v) is 1.65. The lowest BCUT2D eigenvalue weighted by Gasteiger charge is -2.24. The van der Waals surface area contributed by atoms with Gasteiger partial charge >= 0.3 is 0 Å². The Hall–Kier alpha value is -0.120. The third-order valence-electron chi connectivity index (χ3n) is 1.65. The molecule has 2 N–H and O–H groups in total. The Morgan fingerprint density at radius 1 is 1.50 bits per heavy atom. The molecule has 0 radical (unpaired) electrons. The monoisotopic (exact) mass is 144 g/mol. The number of nitrogens with two attached hydrogens (primary N) is 1. The van der Waals surface area contributed by atoms with Gasteiger partial charge in [-0.05, 0) is 0 Å². The maximum atomic E-state index is 5.66. The van der Waals surface area contributed by atoms with Crippen LogP contribution in [0.5, 0.6) is 0 Å². The molecule has 0 saturated carbocycles. The van der Waals surface area contributed by atoms with E-state index in [2.05, 4.69) is 13.8 Å². The SMILES string of the molecule is CC1(C)COCCN(N)C1. The van der Waals surface area contributed by atoms with E-state index in [0.29, 0.717) is 0 Å². The first-order chi connectivity index (χ1) is 4.60. The zero-order valence-corrected chi connectivity index (χ0v) is 6.76. The average Bonchev–Trinajstić information content (AvgIpc) is 1.90. The van der Waals surface area contributed by atoms with Gasteiger partial charge in [0.15, 0.2) is 0 Å². The summed E-state index contributed by atoms with van der Waals surface area (Å²) in [5.41, 5.74) is 0.214. The van der Waals surface area contributed by atoms with Crippen LogP contribution < -0.4 is 5.84 Å². The number of nitrogens with zero attached hydrogens (tertiary/aromatic N) is 1. The van der Waals surface area contributed by atoms with Crippen molar-refractivity contribution in [1.29, 1.82) is 0 Å². The molecular formula is C7H16N2O. The van der Waals surface area contributed by atoms with Gasteiger partial charge in [0.1, 0.15) is 0 Å². The highest BCUT2D eigenvalue weighted by Gasteiger charge is 2.23. The van der Waals surface area contributed by atoms with Crippen LogP contribution in [-0.4, -0.2) is 31.3 Å². The van der Waals surface area contributed by atoms with Crippen LogP contribution >= 0.6 is 0 Å². The van der Waals surface area contributed by atoms with Crippen LogP contribution in [0.25, 0.3) is 0 Å². The highest BCUT2D eigenvalue weighted by atomic mass is 16.5. The third kappa shape index (κ3) is 2.25. The second kappa shape index (κ2) is 2.86. The molecular weight excluding hydrogens is 128 g/mol. The molecule has 1 aliphatic rings. The van der Waals surface area contributed by atoms with Crippen molar-refractivity contribution in [3.63, 3.8) is 0 Å². The highest BCUT2D eigenvalue weighted by Crippen LogP contribution is 2.17. The topological polar surface area (TPSA) is 38.5 Å². The van der Waals surface area contributed by atoms with Crippen LogP contribution in [0.2, 0.25) is 0 Å². The van der Waals surface area contributed by atoms with Gasteiger partial charge in [0.05, 0.1) is 13.2 Å². The van der Waals surface area contributed by atoms with E-state index in [4.69, 9.17) is 10.6 Å². The molecule has 0 aliphatic carbocycles. The molecule has 1 fully saturated rings. The van der Waals surface area contributed by atoms with E-state index in [0.717, 1.165) is 26.3 Å². The predicted octanol–water partition coefficient (Wildman–Crippen LogP) is 0.219. The lowest BCUT2D eigenvalue weighted by Crippen LogP contribution is -2.39. The first kappa shape index (κ1) is 7.98. The van der Waals surface area contributed by atoms with E-state index in [1.165, 1.54) is 0 Å². The zero-order valence-electron chi connectivity index (χ0n) is 6.76. The summed E-state index contributed by atoms with van der Waals surface area (Å²) in [6.07, 6.45) is 0. The summed E-state index contributed by atoms with van der Waals surface area (Å²) >= 11 is 0. The molecule has 0 aromatic carbocycles. The summed E-state index contributed by atoms with van der Waals surface area (Å²) < 4.78 is 5.36. The summed E-state index contributed by atoms with van der Waals surface area (Å²) in [5.74, 6) is 5.66. The van der Waals surface area contributed by atoms with Crippen molar-refractivity contribution < 1.29 is 4.74 Å². The van der Waals surface area contributed by atoms with Gasteiger partial charge in [-0.1, -0.05) is 13.8 Å². The molecule has 1 heterocycles. The minimum absolute atomic E-state index is 0.214. The Balaban J connectivity index is 2.46. The van der Waals surface area contributed by atoms with Gasteiger partial charge in [-0.3, -0.25) is 5.84 Å². The Labute approximate surface area is 62.1 Å². The minimum Gasteiger partial charge on any atom is -0.379 e. The first-order valence-electron chi connectivity index (χ1n) is 3.68. The van der Waals surface area contributed by atoms with E-state index in [-0.39, 0.29) is 5.41 Å². The largest absolute Gasteiger partial charge is 0.379 e. The average molecular weight is 144 g/mol. The van der Waals surface area contributed by atoms with Crippen LogP contribution in [0.3, 0.4) is 0 Å². The smallest absolute Gasteiger partial charge is 0.0607 e. The summed E-state index contributed by atoms with van der Waals surface area (Å²) in [5, 5.41) is 1.83. The number of hydrogen-bond acceptors (Lipinski definition) is 3. The molecule has 0 amide bonds. The normalized spacial score (nSPS) is 27.9. The summed E-state index contributed by atoms with van der Waals surface area (Å²) in [6, 6.07) is 0. The molecule has 3 nitrogen and oxygen atoms in total. The molecule has 3 heteroatoms. The Morgan fingerprint density at radius 2 is 2.20 bits per heavy atom. The number of rotatable bonds is 0. The van der Waals surface area contributed by atoms with Crippen LogP contribution in [0.4, 0.5) is 0 Å². The molecule has 0 aromatic rings. The van der Waals surface area contributed by atoms with Gasteiger partial charge in [0, 0.05) is 18.5 Å². The Bertz CT molecular complexity index is 114. The lowest BCUT2D eigenvalue weighted by molar-refractivity contribution is 0.0887. The van der Waals surface area contributed by atoms with Gasteiger partial charge in [0.2, 0.25) is 0 Å². The van der Waals surface area contributed by atoms with Crippen LogP contribution in [0.1, 0.15) is 13.8 Å². The van der Waals surface area contributed by atoms with E-state index in [1.54, 1.807) is 0 Å². The molecule has 60 valence electrons. The maximum absolute atomic E-state index is 5.66. The van der Waals surface area contributed by atoms with E-state index < -0.39 is 0 Å². The second-order valence-electron chi connectivity index (χ2n) is 3.69. The van der Waals surface area contributed by atoms with Crippen molar-refractivity contribution in [2.75, 3.05) is 26.3 Å². The zero-order chi connectivity index (χ0) is 7.61. The van der Waals surface area contributed by atoms with Crippen molar-refractivity contribution in [2.45, 2.75) is 13.8 Å². The van der Waals surface area contributed by atoms with Crippen LogP contribution in [0, 0.1) is 5.41 Å². The van der Waals surface area contributed by atoms with Gasteiger partial charge in [-0.2, -0.15) is 0 Å². The molecule has 1 aliphatic heterocycles. The van der Waals surface area contributed by atoms with Crippen molar-refractivity contribution in [2.24, 2.45) is 11.3 Å². The van der Waals surface area contributed by atoms with Crippen molar-refractivity contribution in [3.8, 4) is 0 Å². The molecule has 0 aromatic heterocycles. The van der Waals surface area contributed by atoms with E-state index in [1.807, 2.05) is 5.01 Å². The van der Waals surface area contributed by atoms with Gasteiger partial charge in [0.25, 0.3) is 0 Å². The summed E-state index contributed by atoms with van der Waals surface area (Å²) in [6.45, 7) is 7.69. The standard InChI is InChI=1S/C7H16N2O/c1-7(2)5-9(8)3-4-10-6-7/h3-6,8H2,1-2H3. The number of hydrazine groups is 1. The molecule has 0 spiro atoms. The van der Waals surface area contributed by atoms with Crippen molar-refractivity contribution >= 4 is 0 Å². The fourth-order valence-electron chi connectivity index (χ4n) is 1.20. The fraction of sp³-hybridized carbons (Fsp3) is 1.00. The molecule has 1 saturated heterocycles. The molecule has 0 atom stereocenters. The van der Waals surface area contributed by atoms with Crippen LogP contribution in [-0.2, 0) is 4.74 Å². The van der Waals surface area contributed by atoms with Gasteiger partial charge in [-0.25, -0.2) is 5.01 Å². The fourth-order valence-corrected chi connectivity index (χ4v) is 1.20. The van der Waals surface area contributed by atoms with E-state index in [9.17, 15) is 0 Å². The minimum atomic E-state index is 0.214. The number of hydrogen-bond donors (Lipinski definition) is 1. The maximum Gasteiger partial charge on any atom is 0.0607 e. The predicted molar refractivity (Wildman–Crippen MR) is 40.4 cm³/mol. The van der Waals surface area contributed by atoms with Gasteiger partial charge in [-0.15, -0.1) is 0 Å². The molecule has 1 rings (SSSR count). The summed E-state index contributed by atoms with van der Waals surface area (Å²) in [7, 11) is 0. The lowest BCUT2D eigenvalue weighted by atomic mass is 9.95. The Kier molecular flexibility index (Phi) is 2.28. The molecule has 0 unspecified atom stereocenters. The Morgan fingerprint density at radius 3 is 2.90 bits per heavy atom. The number of ether oxygens (including phenoxy) is 1. The quantitative estimate of drug-likeness (QED) is 0.494. The highest BCUT2D eigenvalue weighted by molar-refractivity contribution is 4.73. The molecule has 10 heavy (non-hydrogen) atoms.